The predicted octanol–water partition coefficient (Wildman–Crippen LogP) is 1.51. The van der Waals surface area contributed by atoms with Crippen LogP contribution in [-0.2, 0) is 14.4 Å². The van der Waals surface area contributed by atoms with Gasteiger partial charge in [0.25, 0.3) is 11.8 Å². The summed E-state index contributed by atoms with van der Waals surface area (Å²) in [5, 5.41) is 20.5. The molecule has 3 amide bonds. The van der Waals surface area contributed by atoms with Crippen LogP contribution in [0.1, 0.15) is 46.4 Å². The summed E-state index contributed by atoms with van der Waals surface area (Å²) in [6.07, 6.45) is 4.24. The van der Waals surface area contributed by atoms with Gasteiger partial charge in [0.05, 0.1) is 11.1 Å². The molecule has 0 unspecified atom stereocenters. The Morgan fingerprint density at radius 3 is 1.93 bits per heavy atom. The van der Waals surface area contributed by atoms with Crippen molar-refractivity contribution in [2.75, 3.05) is 11.9 Å². The summed E-state index contributed by atoms with van der Waals surface area (Å²) in [5.41, 5.74) is -0.380. The molecule has 0 bridgehead atoms. The molecule has 142 valence electrons. The summed E-state index contributed by atoms with van der Waals surface area (Å²) < 4.78 is 0. The molecule has 27 heavy (non-hydrogen) atoms. The average molecular weight is 374 g/mol. The Hall–Kier alpha value is -3.49. The second-order valence-corrected chi connectivity index (χ2v) is 5.93. The SMILES string of the molecule is O=C(CCCCCN1C(=O)C=CC1=O)Nc1cc(C(=O)O)cc(C(=O)O)c1. The first-order valence-corrected chi connectivity index (χ1v) is 8.23. The minimum absolute atomic E-state index is 0.0941. The van der Waals surface area contributed by atoms with Crippen LogP contribution in [0.4, 0.5) is 5.69 Å². The molecule has 1 aromatic rings. The van der Waals surface area contributed by atoms with Gasteiger partial charge in [-0.05, 0) is 31.0 Å². The quantitative estimate of drug-likeness (QED) is 0.439. The highest BCUT2D eigenvalue weighted by atomic mass is 16.4. The molecule has 0 spiro atoms. The fourth-order valence-electron chi connectivity index (χ4n) is 2.55. The van der Waals surface area contributed by atoms with E-state index in [-0.39, 0.29) is 47.5 Å². The molecule has 1 aliphatic rings. The van der Waals surface area contributed by atoms with Crippen molar-refractivity contribution in [2.24, 2.45) is 0 Å². The van der Waals surface area contributed by atoms with E-state index in [1.807, 2.05) is 0 Å². The van der Waals surface area contributed by atoms with E-state index in [1.54, 1.807) is 0 Å². The number of imide groups is 1. The summed E-state index contributed by atoms with van der Waals surface area (Å²) in [6, 6.07) is 3.38. The number of unbranched alkanes of at least 4 members (excludes halogenated alkanes) is 2. The number of anilines is 1. The van der Waals surface area contributed by atoms with E-state index in [0.29, 0.717) is 19.3 Å². The lowest BCUT2D eigenvalue weighted by Crippen LogP contribution is -2.30. The van der Waals surface area contributed by atoms with Crippen molar-refractivity contribution in [3.63, 3.8) is 0 Å². The largest absolute Gasteiger partial charge is 0.478 e. The van der Waals surface area contributed by atoms with Gasteiger partial charge in [-0.3, -0.25) is 19.3 Å². The third kappa shape index (κ3) is 5.50. The molecule has 9 heteroatoms. The first-order chi connectivity index (χ1) is 12.8. The second kappa shape index (κ2) is 8.75. The van der Waals surface area contributed by atoms with E-state index in [9.17, 15) is 24.0 Å². The van der Waals surface area contributed by atoms with Crippen LogP contribution in [-0.4, -0.2) is 51.3 Å². The van der Waals surface area contributed by atoms with Crippen molar-refractivity contribution in [1.82, 2.24) is 4.90 Å². The Labute approximate surface area is 154 Å². The van der Waals surface area contributed by atoms with Gasteiger partial charge in [-0.25, -0.2) is 9.59 Å². The van der Waals surface area contributed by atoms with E-state index >= 15 is 0 Å². The summed E-state index contributed by atoms with van der Waals surface area (Å²) in [6.45, 7) is 0.287. The summed E-state index contributed by atoms with van der Waals surface area (Å²) in [5.74, 6) is -3.66. The van der Waals surface area contributed by atoms with Crippen LogP contribution in [0.15, 0.2) is 30.4 Å². The molecule has 0 aliphatic carbocycles. The molecule has 0 saturated carbocycles. The highest BCUT2D eigenvalue weighted by molar-refractivity contribution is 6.12. The van der Waals surface area contributed by atoms with Gasteiger partial charge in [-0.1, -0.05) is 6.42 Å². The average Bonchev–Trinajstić information content (AvgIpc) is 2.92. The summed E-state index contributed by atoms with van der Waals surface area (Å²) in [7, 11) is 0. The van der Waals surface area contributed by atoms with Crippen molar-refractivity contribution >= 4 is 35.3 Å². The number of aromatic carboxylic acids is 2. The zero-order chi connectivity index (χ0) is 20.0. The number of amides is 3. The highest BCUT2D eigenvalue weighted by Crippen LogP contribution is 2.16. The van der Waals surface area contributed by atoms with Crippen LogP contribution in [0.25, 0.3) is 0 Å². The first-order valence-electron chi connectivity index (χ1n) is 8.23. The zero-order valence-electron chi connectivity index (χ0n) is 14.3. The lowest BCUT2D eigenvalue weighted by Gasteiger charge is -2.13. The molecule has 0 atom stereocenters. The Kier molecular flexibility index (Phi) is 6.42. The van der Waals surface area contributed by atoms with Crippen molar-refractivity contribution in [1.29, 1.82) is 0 Å². The van der Waals surface area contributed by atoms with Gasteiger partial charge in [-0.15, -0.1) is 0 Å². The Bertz CT molecular complexity index is 779. The van der Waals surface area contributed by atoms with Crippen molar-refractivity contribution in [2.45, 2.75) is 25.7 Å². The minimum Gasteiger partial charge on any atom is -0.478 e. The number of hydrogen-bond acceptors (Lipinski definition) is 5. The van der Waals surface area contributed by atoms with Gasteiger partial charge < -0.3 is 15.5 Å². The lowest BCUT2D eigenvalue weighted by atomic mass is 10.1. The number of benzene rings is 1. The third-order valence-corrected chi connectivity index (χ3v) is 3.90. The van der Waals surface area contributed by atoms with Crippen LogP contribution in [0.2, 0.25) is 0 Å². The van der Waals surface area contributed by atoms with Gasteiger partial charge in [-0.2, -0.15) is 0 Å². The number of carboxylic acids is 2. The topological polar surface area (TPSA) is 141 Å². The lowest BCUT2D eigenvalue weighted by molar-refractivity contribution is -0.136. The third-order valence-electron chi connectivity index (χ3n) is 3.90. The van der Waals surface area contributed by atoms with Gasteiger partial charge >= 0.3 is 11.9 Å². The smallest absolute Gasteiger partial charge is 0.335 e. The number of carbonyl (C=O) groups excluding carboxylic acids is 3. The molecule has 0 fully saturated rings. The van der Waals surface area contributed by atoms with Crippen LogP contribution in [0.3, 0.4) is 0 Å². The van der Waals surface area contributed by atoms with Gasteiger partial charge in [0.15, 0.2) is 0 Å². The van der Waals surface area contributed by atoms with Crippen LogP contribution in [0.5, 0.6) is 0 Å². The van der Waals surface area contributed by atoms with Crippen LogP contribution >= 0.6 is 0 Å². The molecule has 9 nitrogen and oxygen atoms in total. The number of carboxylic acid groups (broad SMARTS) is 2. The van der Waals surface area contributed by atoms with Crippen LogP contribution < -0.4 is 5.32 Å². The molecule has 0 aromatic heterocycles. The molecule has 3 N–H and O–H groups in total. The second-order valence-electron chi connectivity index (χ2n) is 5.93. The normalized spacial score (nSPS) is 13.1. The van der Waals surface area contributed by atoms with Gasteiger partial charge in [0, 0.05) is 30.8 Å². The Balaban J connectivity index is 1.80. The number of carbonyl (C=O) groups is 5. The number of rotatable bonds is 9. The van der Waals surface area contributed by atoms with E-state index < -0.39 is 11.9 Å². The van der Waals surface area contributed by atoms with E-state index in [0.717, 1.165) is 11.0 Å². The monoisotopic (exact) mass is 374 g/mol. The fraction of sp³-hybridized carbons (Fsp3) is 0.278. The predicted molar refractivity (Wildman–Crippen MR) is 93.3 cm³/mol. The molecule has 1 aliphatic heterocycles. The van der Waals surface area contributed by atoms with Crippen molar-refractivity contribution in [3.8, 4) is 0 Å². The van der Waals surface area contributed by atoms with Gasteiger partial charge in [0.2, 0.25) is 5.91 Å². The number of nitrogens with zero attached hydrogens (tertiary/aromatic N) is 1. The van der Waals surface area contributed by atoms with E-state index in [4.69, 9.17) is 10.2 Å². The maximum Gasteiger partial charge on any atom is 0.335 e. The van der Waals surface area contributed by atoms with Gasteiger partial charge in [0.1, 0.15) is 0 Å². The first kappa shape index (κ1) is 19.8. The number of hydrogen-bond donors (Lipinski definition) is 3. The van der Waals surface area contributed by atoms with Crippen molar-refractivity contribution < 1.29 is 34.2 Å². The Morgan fingerprint density at radius 2 is 1.41 bits per heavy atom. The molecule has 0 radical (unpaired) electrons. The highest BCUT2D eigenvalue weighted by Gasteiger charge is 2.22. The van der Waals surface area contributed by atoms with E-state index in [1.165, 1.54) is 24.3 Å². The standard InChI is InChI=1S/C18H18N2O7/c21-14(4-2-1-3-7-20-15(22)5-6-16(20)23)19-13-9-11(17(24)25)8-12(10-13)18(26)27/h5-6,8-10H,1-4,7H2,(H,19,21)(H,24,25)(H,26,27). The molecule has 2 rings (SSSR count). The maximum atomic E-state index is 12.0. The van der Waals surface area contributed by atoms with E-state index in [2.05, 4.69) is 5.32 Å². The molecular weight excluding hydrogens is 356 g/mol. The summed E-state index contributed by atoms with van der Waals surface area (Å²) in [4.78, 5) is 58.0. The Morgan fingerprint density at radius 1 is 0.852 bits per heavy atom. The maximum absolute atomic E-state index is 12.0. The zero-order valence-corrected chi connectivity index (χ0v) is 14.3. The molecule has 1 aromatic carbocycles. The number of nitrogens with one attached hydrogen (secondary N) is 1. The van der Waals surface area contributed by atoms with Crippen LogP contribution in [0, 0.1) is 0 Å². The van der Waals surface area contributed by atoms with Crippen molar-refractivity contribution in [3.05, 3.63) is 41.5 Å². The molecular formula is C18H18N2O7. The summed E-state index contributed by atoms with van der Waals surface area (Å²) >= 11 is 0. The molecule has 0 saturated heterocycles. The minimum atomic E-state index is -1.30. The molecule has 1 heterocycles. The fourth-order valence-corrected chi connectivity index (χ4v) is 2.55.